The van der Waals surface area contributed by atoms with E-state index in [1.54, 1.807) is 6.20 Å². The number of anilines is 3. The van der Waals surface area contributed by atoms with E-state index in [2.05, 4.69) is 30.8 Å². The Bertz CT molecular complexity index is 523. The van der Waals surface area contributed by atoms with Crippen molar-refractivity contribution in [2.75, 3.05) is 17.2 Å². The van der Waals surface area contributed by atoms with Crippen molar-refractivity contribution < 1.29 is 0 Å². The summed E-state index contributed by atoms with van der Waals surface area (Å²) >= 11 is 0. The number of hydrogen-bond acceptors (Lipinski definition) is 6. The molecule has 0 saturated carbocycles. The van der Waals surface area contributed by atoms with Crippen molar-refractivity contribution in [3.05, 3.63) is 29.7 Å². The van der Waals surface area contributed by atoms with E-state index in [1.807, 2.05) is 32.9 Å². The zero-order valence-electron chi connectivity index (χ0n) is 10.7. The van der Waals surface area contributed by atoms with E-state index in [4.69, 9.17) is 0 Å². The molecule has 0 bridgehead atoms. The molecule has 0 amide bonds. The maximum absolute atomic E-state index is 4.30. The van der Waals surface area contributed by atoms with Crippen LogP contribution in [0.3, 0.4) is 0 Å². The van der Waals surface area contributed by atoms with E-state index in [0.717, 1.165) is 29.4 Å². The number of nitrogens with one attached hydrogen (secondary N) is 2. The molecule has 0 atom stereocenters. The van der Waals surface area contributed by atoms with Gasteiger partial charge in [0, 0.05) is 6.54 Å². The summed E-state index contributed by atoms with van der Waals surface area (Å²) in [5.41, 5.74) is 2.53. The molecule has 2 aromatic heterocycles. The van der Waals surface area contributed by atoms with Crippen LogP contribution in [0.5, 0.6) is 0 Å². The molecule has 0 aliphatic heterocycles. The second-order valence-corrected chi connectivity index (χ2v) is 3.89. The Labute approximate surface area is 106 Å². The van der Waals surface area contributed by atoms with Gasteiger partial charge in [-0.15, -0.1) is 5.10 Å². The Morgan fingerprint density at radius 1 is 1.11 bits per heavy atom. The van der Waals surface area contributed by atoms with Gasteiger partial charge < -0.3 is 10.6 Å². The molecule has 0 unspecified atom stereocenters. The fraction of sp³-hybridized carbons (Fsp3) is 0.333. The first-order chi connectivity index (χ1) is 8.69. The molecule has 0 spiro atoms. The number of aromatic nitrogens is 4. The molecule has 2 heterocycles. The normalized spacial score (nSPS) is 10.2. The average molecular weight is 244 g/mol. The van der Waals surface area contributed by atoms with E-state index in [0.29, 0.717) is 5.95 Å². The molecule has 0 aliphatic rings. The second kappa shape index (κ2) is 5.39. The van der Waals surface area contributed by atoms with Gasteiger partial charge in [-0.3, -0.25) is 0 Å². The number of pyridine rings is 1. The van der Waals surface area contributed by atoms with Crippen molar-refractivity contribution in [3.63, 3.8) is 0 Å². The van der Waals surface area contributed by atoms with Gasteiger partial charge in [-0.25, -0.2) is 9.97 Å². The minimum absolute atomic E-state index is 0.483. The molecule has 18 heavy (non-hydrogen) atoms. The highest BCUT2D eigenvalue weighted by atomic mass is 15.2. The predicted octanol–water partition coefficient (Wildman–Crippen LogP) is 2.06. The van der Waals surface area contributed by atoms with Crippen molar-refractivity contribution in [3.8, 4) is 0 Å². The van der Waals surface area contributed by atoms with Crippen LogP contribution >= 0.6 is 0 Å². The smallest absolute Gasteiger partial charge is 0.247 e. The van der Waals surface area contributed by atoms with Gasteiger partial charge in [0.25, 0.3) is 0 Å². The van der Waals surface area contributed by atoms with E-state index in [-0.39, 0.29) is 0 Å². The van der Waals surface area contributed by atoms with Crippen LogP contribution < -0.4 is 10.6 Å². The van der Waals surface area contributed by atoms with E-state index in [1.165, 1.54) is 0 Å². The third-order valence-corrected chi connectivity index (χ3v) is 2.47. The summed E-state index contributed by atoms with van der Waals surface area (Å²) in [6.45, 7) is 6.67. The Morgan fingerprint density at radius 2 is 1.94 bits per heavy atom. The van der Waals surface area contributed by atoms with Crippen molar-refractivity contribution in [2.45, 2.75) is 20.8 Å². The van der Waals surface area contributed by atoms with Gasteiger partial charge in [0.1, 0.15) is 5.82 Å². The molecule has 2 rings (SSSR count). The molecule has 0 fully saturated rings. The summed E-state index contributed by atoms with van der Waals surface area (Å²) in [5, 5.41) is 14.2. The minimum atomic E-state index is 0.483. The Kier molecular flexibility index (Phi) is 3.66. The zero-order valence-corrected chi connectivity index (χ0v) is 10.7. The summed E-state index contributed by atoms with van der Waals surface area (Å²) < 4.78 is 0. The first-order valence-electron chi connectivity index (χ1n) is 5.84. The van der Waals surface area contributed by atoms with E-state index >= 15 is 0 Å². The lowest BCUT2D eigenvalue weighted by Crippen LogP contribution is -2.03. The first-order valence-corrected chi connectivity index (χ1v) is 5.84. The van der Waals surface area contributed by atoms with E-state index in [9.17, 15) is 0 Å². The number of rotatable bonds is 4. The monoisotopic (exact) mass is 244 g/mol. The topological polar surface area (TPSA) is 75.6 Å². The van der Waals surface area contributed by atoms with Gasteiger partial charge in [-0.1, -0.05) is 0 Å². The third-order valence-electron chi connectivity index (χ3n) is 2.47. The highest BCUT2D eigenvalue weighted by molar-refractivity contribution is 5.54. The number of aryl methyl sites for hydroxylation is 2. The average Bonchev–Trinajstić information content (AvgIpc) is 2.37. The van der Waals surface area contributed by atoms with Crippen molar-refractivity contribution >= 4 is 17.5 Å². The Balaban J connectivity index is 2.10. The molecule has 0 aromatic carbocycles. The summed E-state index contributed by atoms with van der Waals surface area (Å²) in [4.78, 5) is 8.55. The molecular weight excluding hydrogens is 228 g/mol. The van der Waals surface area contributed by atoms with Crippen LogP contribution in [0.2, 0.25) is 0 Å². The SMILES string of the molecule is CCNc1ccc(Nc2nnc(C)c(C)n2)cn1. The van der Waals surface area contributed by atoms with Crippen LogP contribution in [0.1, 0.15) is 18.3 Å². The van der Waals surface area contributed by atoms with Crippen LogP contribution in [0, 0.1) is 13.8 Å². The van der Waals surface area contributed by atoms with Crippen LogP contribution in [-0.4, -0.2) is 26.7 Å². The number of nitrogens with zero attached hydrogens (tertiary/aromatic N) is 4. The van der Waals surface area contributed by atoms with Gasteiger partial charge >= 0.3 is 0 Å². The number of hydrogen-bond donors (Lipinski definition) is 2. The minimum Gasteiger partial charge on any atom is -0.370 e. The molecular formula is C12H16N6. The van der Waals surface area contributed by atoms with Gasteiger partial charge in [0.2, 0.25) is 5.95 Å². The maximum atomic E-state index is 4.30. The van der Waals surface area contributed by atoms with Gasteiger partial charge in [-0.2, -0.15) is 5.10 Å². The van der Waals surface area contributed by atoms with Crippen molar-refractivity contribution in [1.82, 2.24) is 20.2 Å². The standard InChI is InChI=1S/C12H16N6/c1-4-13-11-6-5-10(7-14-11)16-12-15-8(2)9(3)17-18-12/h5-7H,4H2,1-3H3,(H,13,14)(H,15,16,18). The summed E-state index contributed by atoms with van der Waals surface area (Å²) in [5.74, 6) is 1.33. The fourth-order valence-corrected chi connectivity index (χ4v) is 1.39. The van der Waals surface area contributed by atoms with Gasteiger partial charge in [0.05, 0.1) is 23.3 Å². The molecule has 2 aromatic rings. The Hall–Kier alpha value is -2.24. The molecule has 0 radical (unpaired) electrons. The second-order valence-electron chi connectivity index (χ2n) is 3.89. The summed E-state index contributed by atoms with van der Waals surface area (Å²) in [6.07, 6.45) is 1.73. The molecule has 0 aliphatic carbocycles. The maximum Gasteiger partial charge on any atom is 0.247 e. The summed E-state index contributed by atoms with van der Waals surface area (Å²) in [6, 6.07) is 3.82. The van der Waals surface area contributed by atoms with Crippen LogP contribution in [0.15, 0.2) is 18.3 Å². The third kappa shape index (κ3) is 2.91. The molecule has 6 nitrogen and oxygen atoms in total. The molecule has 2 N–H and O–H groups in total. The lowest BCUT2D eigenvalue weighted by Gasteiger charge is -2.06. The molecule has 0 saturated heterocycles. The van der Waals surface area contributed by atoms with Crippen molar-refractivity contribution in [2.24, 2.45) is 0 Å². The predicted molar refractivity (Wildman–Crippen MR) is 71.0 cm³/mol. The highest BCUT2D eigenvalue weighted by Crippen LogP contribution is 2.13. The van der Waals surface area contributed by atoms with Crippen LogP contribution in [0.25, 0.3) is 0 Å². The van der Waals surface area contributed by atoms with Gasteiger partial charge in [0.15, 0.2) is 0 Å². The van der Waals surface area contributed by atoms with Crippen LogP contribution in [0.4, 0.5) is 17.5 Å². The Morgan fingerprint density at radius 3 is 2.56 bits per heavy atom. The van der Waals surface area contributed by atoms with Crippen LogP contribution in [-0.2, 0) is 0 Å². The first kappa shape index (κ1) is 12.2. The molecule has 6 heteroatoms. The largest absolute Gasteiger partial charge is 0.370 e. The summed E-state index contributed by atoms with van der Waals surface area (Å²) in [7, 11) is 0. The lowest BCUT2D eigenvalue weighted by molar-refractivity contribution is 0.904. The lowest BCUT2D eigenvalue weighted by atomic mass is 10.4. The fourth-order valence-electron chi connectivity index (χ4n) is 1.39. The zero-order chi connectivity index (χ0) is 13.0. The van der Waals surface area contributed by atoms with Crippen molar-refractivity contribution in [1.29, 1.82) is 0 Å². The van der Waals surface area contributed by atoms with E-state index < -0.39 is 0 Å². The van der Waals surface area contributed by atoms with Gasteiger partial charge in [-0.05, 0) is 32.9 Å². The highest BCUT2D eigenvalue weighted by Gasteiger charge is 2.02. The molecule has 94 valence electrons. The quantitative estimate of drug-likeness (QED) is 0.857.